The monoisotopic (exact) mass is 247 g/mol. The van der Waals surface area contributed by atoms with E-state index in [1.165, 1.54) is 31.4 Å². The zero-order chi connectivity index (χ0) is 12.7. The molecule has 0 amide bonds. The molecule has 0 spiro atoms. The molecular formula is C15H25N3. The first-order valence-corrected chi connectivity index (χ1v) is 7.40. The molecule has 4 atom stereocenters. The van der Waals surface area contributed by atoms with Crippen LogP contribution in [-0.4, -0.2) is 9.55 Å². The fourth-order valence-electron chi connectivity index (χ4n) is 3.96. The second kappa shape index (κ2) is 4.69. The molecule has 18 heavy (non-hydrogen) atoms. The van der Waals surface area contributed by atoms with Gasteiger partial charge < -0.3 is 10.3 Å². The molecule has 0 aromatic carbocycles. The van der Waals surface area contributed by atoms with Gasteiger partial charge in [-0.25, -0.2) is 4.98 Å². The lowest BCUT2D eigenvalue weighted by molar-refractivity contribution is 0.289. The highest BCUT2D eigenvalue weighted by molar-refractivity contribution is 5.06. The largest absolute Gasteiger partial charge is 0.333 e. The third kappa shape index (κ3) is 2.09. The highest BCUT2D eigenvalue weighted by Crippen LogP contribution is 2.48. The van der Waals surface area contributed by atoms with Crippen LogP contribution in [0.1, 0.15) is 51.3 Å². The summed E-state index contributed by atoms with van der Waals surface area (Å²) in [6, 6.07) is 0.117. The topological polar surface area (TPSA) is 43.8 Å². The van der Waals surface area contributed by atoms with E-state index in [0.29, 0.717) is 5.92 Å². The number of aromatic nitrogens is 2. The normalized spacial score (nSPS) is 32.3. The summed E-state index contributed by atoms with van der Waals surface area (Å²) in [5.41, 5.74) is 7.49. The van der Waals surface area contributed by atoms with Crippen molar-refractivity contribution in [1.82, 2.24) is 9.55 Å². The molecule has 2 fully saturated rings. The minimum absolute atomic E-state index is 0.117. The van der Waals surface area contributed by atoms with Crippen LogP contribution in [0, 0.1) is 23.7 Å². The second-order valence-corrected chi connectivity index (χ2v) is 6.68. The average Bonchev–Trinajstić information content (AvgIpc) is 3.03. The van der Waals surface area contributed by atoms with Crippen LogP contribution in [-0.2, 0) is 6.54 Å². The van der Waals surface area contributed by atoms with Crippen molar-refractivity contribution in [1.29, 1.82) is 0 Å². The molecule has 2 aliphatic rings. The fourth-order valence-corrected chi connectivity index (χ4v) is 3.96. The van der Waals surface area contributed by atoms with Crippen LogP contribution in [0.2, 0.25) is 0 Å². The summed E-state index contributed by atoms with van der Waals surface area (Å²) in [4.78, 5) is 4.31. The Morgan fingerprint density at radius 2 is 2.22 bits per heavy atom. The van der Waals surface area contributed by atoms with E-state index in [0.717, 1.165) is 24.3 Å². The van der Waals surface area contributed by atoms with Crippen molar-refractivity contribution < 1.29 is 0 Å². The molecule has 2 bridgehead atoms. The number of nitrogens with zero attached hydrogens (tertiary/aromatic N) is 2. The van der Waals surface area contributed by atoms with E-state index in [4.69, 9.17) is 5.73 Å². The molecule has 3 rings (SSSR count). The Bertz CT molecular complexity index is 410. The molecule has 4 unspecified atom stereocenters. The van der Waals surface area contributed by atoms with Crippen molar-refractivity contribution in [2.24, 2.45) is 29.4 Å². The smallest absolute Gasteiger partial charge is 0.0948 e. The maximum absolute atomic E-state index is 6.27. The van der Waals surface area contributed by atoms with Crippen molar-refractivity contribution in [3.8, 4) is 0 Å². The SMILES string of the molecule is CC(C)C(N)c1cncn1CC1CC2CCC1C2. The summed E-state index contributed by atoms with van der Waals surface area (Å²) in [6.45, 7) is 5.50. The summed E-state index contributed by atoms with van der Waals surface area (Å²) in [7, 11) is 0. The van der Waals surface area contributed by atoms with Gasteiger partial charge >= 0.3 is 0 Å². The average molecular weight is 247 g/mol. The minimum atomic E-state index is 0.117. The van der Waals surface area contributed by atoms with Crippen molar-refractivity contribution in [2.75, 3.05) is 0 Å². The molecule has 1 heterocycles. The van der Waals surface area contributed by atoms with Crippen molar-refractivity contribution in [3.63, 3.8) is 0 Å². The van der Waals surface area contributed by atoms with E-state index in [-0.39, 0.29) is 6.04 Å². The Morgan fingerprint density at radius 1 is 1.39 bits per heavy atom. The molecule has 3 nitrogen and oxygen atoms in total. The highest BCUT2D eigenvalue weighted by atomic mass is 15.1. The lowest BCUT2D eigenvalue weighted by atomic mass is 9.88. The molecule has 2 aliphatic carbocycles. The molecule has 100 valence electrons. The fraction of sp³-hybridized carbons (Fsp3) is 0.800. The van der Waals surface area contributed by atoms with Gasteiger partial charge in [0.2, 0.25) is 0 Å². The first-order valence-electron chi connectivity index (χ1n) is 7.40. The number of rotatable bonds is 4. The van der Waals surface area contributed by atoms with Gasteiger partial charge in [-0.1, -0.05) is 20.3 Å². The zero-order valence-corrected chi connectivity index (χ0v) is 11.5. The van der Waals surface area contributed by atoms with Gasteiger partial charge in [-0.05, 0) is 42.9 Å². The molecule has 0 radical (unpaired) electrons. The van der Waals surface area contributed by atoms with E-state index in [9.17, 15) is 0 Å². The lowest BCUT2D eigenvalue weighted by Gasteiger charge is -2.25. The number of hydrogen-bond acceptors (Lipinski definition) is 2. The maximum Gasteiger partial charge on any atom is 0.0948 e. The van der Waals surface area contributed by atoms with Gasteiger partial charge in [-0.3, -0.25) is 0 Å². The highest BCUT2D eigenvalue weighted by Gasteiger charge is 2.39. The number of fused-ring (bicyclic) bond motifs is 2. The van der Waals surface area contributed by atoms with Crippen LogP contribution in [0.15, 0.2) is 12.5 Å². The minimum Gasteiger partial charge on any atom is -0.333 e. The summed E-state index contributed by atoms with van der Waals surface area (Å²) in [6.07, 6.45) is 9.77. The second-order valence-electron chi connectivity index (χ2n) is 6.68. The Labute approximate surface area is 110 Å². The number of imidazole rings is 1. The Morgan fingerprint density at radius 3 is 2.83 bits per heavy atom. The quantitative estimate of drug-likeness (QED) is 0.889. The molecule has 1 aromatic heterocycles. The summed E-state index contributed by atoms with van der Waals surface area (Å²) in [5, 5.41) is 0. The molecule has 0 aliphatic heterocycles. The van der Waals surface area contributed by atoms with Crippen LogP contribution in [0.3, 0.4) is 0 Å². The van der Waals surface area contributed by atoms with Crippen molar-refractivity contribution in [3.05, 3.63) is 18.2 Å². The first kappa shape index (κ1) is 12.2. The zero-order valence-electron chi connectivity index (χ0n) is 11.5. The van der Waals surface area contributed by atoms with Gasteiger partial charge in [0.15, 0.2) is 0 Å². The first-order chi connectivity index (χ1) is 8.65. The Hall–Kier alpha value is -0.830. The van der Waals surface area contributed by atoms with E-state index >= 15 is 0 Å². The van der Waals surface area contributed by atoms with Gasteiger partial charge in [0, 0.05) is 18.8 Å². The summed E-state index contributed by atoms with van der Waals surface area (Å²) in [5.74, 6) is 3.34. The van der Waals surface area contributed by atoms with E-state index in [2.05, 4.69) is 23.4 Å². The van der Waals surface area contributed by atoms with Crippen LogP contribution in [0.25, 0.3) is 0 Å². The molecular weight excluding hydrogens is 222 g/mol. The van der Waals surface area contributed by atoms with E-state index in [1.54, 1.807) is 0 Å². The van der Waals surface area contributed by atoms with Crippen molar-refractivity contribution >= 4 is 0 Å². The Kier molecular flexibility index (Phi) is 3.18. The standard InChI is InChI=1S/C15H25N3/c1-10(2)15(16)14-7-17-9-18(14)8-13-6-11-3-4-12(13)5-11/h7,9-13,15H,3-6,8,16H2,1-2H3. The van der Waals surface area contributed by atoms with Crippen molar-refractivity contribution in [2.45, 2.75) is 52.1 Å². The molecule has 3 heteroatoms. The lowest BCUT2D eigenvalue weighted by Crippen LogP contribution is -2.23. The predicted octanol–water partition coefficient (Wildman–Crippen LogP) is 2.98. The predicted molar refractivity (Wildman–Crippen MR) is 72.9 cm³/mol. The maximum atomic E-state index is 6.27. The van der Waals surface area contributed by atoms with Crippen LogP contribution >= 0.6 is 0 Å². The molecule has 0 saturated heterocycles. The Balaban J connectivity index is 1.71. The third-order valence-corrected chi connectivity index (χ3v) is 5.12. The van der Waals surface area contributed by atoms with E-state index < -0.39 is 0 Å². The number of nitrogens with two attached hydrogens (primary N) is 1. The van der Waals surface area contributed by atoms with Gasteiger partial charge in [0.1, 0.15) is 0 Å². The molecule has 2 N–H and O–H groups in total. The van der Waals surface area contributed by atoms with Gasteiger partial charge in [-0.15, -0.1) is 0 Å². The van der Waals surface area contributed by atoms with E-state index in [1.807, 2.05) is 12.5 Å². The summed E-state index contributed by atoms with van der Waals surface area (Å²) >= 11 is 0. The van der Waals surface area contributed by atoms with Crippen LogP contribution in [0.5, 0.6) is 0 Å². The van der Waals surface area contributed by atoms with Gasteiger partial charge in [0.05, 0.1) is 12.0 Å². The summed E-state index contributed by atoms with van der Waals surface area (Å²) < 4.78 is 2.32. The van der Waals surface area contributed by atoms with Crippen LogP contribution in [0.4, 0.5) is 0 Å². The third-order valence-electron chi connectivity index (χ3n) is 5.12. The van der Waals surface area contributed by atoms with Crippen LogP contribution < -0.4 is 5.73 Å². The van der Waals surface area contributed by atoms with Gasteiger partial charge in [-0.2, -0.15) is 0 Å². The van der Waals surface area contributed by atoms with Gasteiger partial charge in [0.25, 0.3) is 0 Å². The number of hydrogen-bond donors (Lipinski definition) is 1. The molecule has 2 saturated carbocycles. The molecule has 1 aromatic rings.